The SMILES string of the molecule is Nc1ccc(N)c(/C=C/C(=O)N[C@@H](CCC(=O)O)C(=O)O)c1. The standard InChI is InChI=1S/C14H17N3O5/c15-9-2-3-10(16)8(7-9)1-5-12(18)17-11(14(21)22)4-6-13(19)20/h1-3,5,7,11H,4,6,15-16H2,(H,17,18)(H,19,20)(H,21,22)/b5-1+/t11-/m0/s1. The molecule has 0 aliphatic rings. The molecular formula is C14H17N3O5. The monoisotopic (exact) mass is 307 g/mol. The fraction of sp³-hybridized carbons (Fsp3) is 0.214. The molecular weight excluding hydrogens is 290 g/mol. The number of nitrogens with one attached hydrogen (secondary N) is 1. The van der Waals surface area contributed by atoms with Gasteiger partial charge in [-0.3, -0.25) is 9.59 Å². The van der Waals surface area contributed by atoms with Gasteiger partial charge in [0.1, 0.15) is 6.04 Å². The largest absolute Gasteiger partial charge is 0.481 e. The third-order valence-electron chi connectivity index (χ3n) is 2.79. The van der Waals surface area contributed by atoms with Crippen molar-refractivity contribution < 1.29 is 24.6 Å². The third-order valence-corrected chi connectivity index (χ3v) is 2.79. The van der Waals surface area contributed by atoms with Crippen molar-refractivity contribution in [2.24, 2.45) is 0 Å². The molecule has 1 aromatic rings. The molecule has 0 aliphatic carbocycles. The zero-order valence-corrected chi connectivity index (χ0v) is 11.7. The number of carboxylic acid groups (broad SMARTS) is 2. The highest BCUT2D eigenvalue weighted by molar-refractivity contribution is 5.95. The van der Waals surface area contributed by atoms with Crippen LogP contribution in [-0.2, 0) is 14.4 Å². The summed E-state index contributed by atoms with van der Waals surface area (Å²) in [6.07, 6.45) is 1.95. The van der Waals surface area contributed by atoms with Crippen molar-refractivity contribution in [2.75, 3.05) is 11.5 Å². The van der Waals surface area contributed by atoms with Crippen LogP contribution in [0.4, 0.5) is 11.4 Å². The molecule has 0 fully saturated rings. The maximum Gasteiger partial charge on any atom is 0.326 e. The lowest BCUT2D eigenvalue weighted by Gasteiger charge is -2.11. The van der Waals surface area contributed by atoms with Gasteiger partial charge in [-0.05, 0) is 36.3 Å². The number of benzene rings is 1. The van der Waals surface area contributed by atoms with Crippen LogP contribution in [0, 0.1) is 0 Å². The molecule has 7 N–H and O–H groups in total. The number of carbonyl (C=O) groups excluding carboxylic acids is 1. The van der Waals surface area contributed by atoms with Gasteiger partial charge in [0.2, 0.25) is 5.91 Å². The van der Waals surface area contributed by atoms with E-state index in [2.05, 4.69) is 5.32 Å². The second kappa shape index (κ2) is 7.67. The van der Waals surface area contributed by atoms with Crippen LogP contribution in [0.5, 0.6) is 0 Å². The summed E-state index contributed by atoms with van der Waals surface area (Å²) in [7, 11) is 0. The Bertz CT molecular complexity index is 612. The van der Waals surface area contributed by atoms with E-state index in [9.17, 15) is 14.4 Å². The summed E-state index contributed by atoms with van der Waals surface area (Å²) >= 11 is 0. The molecule has 0 unspecified atom stereocenters. The Morgan fingerprint density at radius 3 is 2.50 bits per heavy atom. The first kappa shape index (κ1) is 17.0. The lowest BCUT2D eigenvalue weighted by atomic mass is 10.1. The highest BCUT2D eigenvalue weighted by Crippen LogP contribution is 2.16. The molecule has 0 radical (unpaired) electrons. The van der Waals surface area contributed by atoms with Gasteiger partial charge in [-0.2, -0.15) is 0 Å². The third kappa shape index (κ3) is 5.53. The molecule has 1 atom stereocenters. The van der Waals surface area contributed by atoms with Crippen molar-refractivity contribution >= 4 is 35.3 Å². The van der Waals surface area contributed by atoms with Gasteiger partial charge in [0.05, 0.1) is 0 Å². The second-order valence-corrected chi connectivity index (χ2v) is 4.55. The van der Waals surface area contributed by atoms with Crippen LogP contribution in [0.25, 0.3) is 6.08 Å². The number of hydrogen-bond acceptors (Lipinski definition) is 5. The molecule has 0 saturated heterocycles. The van der Waals surface area contributed by atoms with Crippen molar-refractivity contribution in [3.8, 4) is 0 Å². The molecule has 0 bridgehead atoms. The first-order valence-electron chi connectivity index (χ1n) is 6.37. The van der Waals surface area contributed by atoms with Gasteiger partial charge in [-0.15, -0.1) is 0 Å². The van der Waals surface area contributed by atoms with Crippen LogP contribution < -0.4 is 16.8 Å². The van der Waals surface area contributed by atoms with E-state index in [1.54, 1.807) is 18.2 Å². The Hall–Kier alpha value is -3.03. The minimum absolute atomic E-state index is 0.204. The van der Waals surface area contributed by atoms with E-state index in [1.807, 2.05) is 0 Å². The molecule has 0 aromatic heterocycles. The second-order valence-electron chi connectivity index (χ2n) is 4.55. The minimum Gasteiger partial charge on any atom is -0.481 e. The summed E-state index contributed by atoms with van der Waals surface area (Å²) in [5, 5.41) is 19.7. The molecule has 0 aliphatic heterocycles. The van der Waals surface area contributed by atoms with Crippen molar-refractivity contribution in [1.82, 2.24) is 5.32 Å². The van der Waals surface area contributed by atoms with Crippen LogP contribution in [0.1, 0.15) is 18.4 Å². The van der Waals surface area contributed by atoms with Crippen LogP contribution >= 0.6 is 0 Å². The van der Waals surface area contributed by atoms with Crippen molar-refractivity contribution in [3.05, 3.63) is 29.8 Å². The molecule has 0 heterocycles. The fourth-order valence-electron chi connectivity index (χ4n) is 1.65. The van der Waals surface area contributed by atoms with Crippen LogP contribution in [0.15, 0.2) is 24.3 Å². The van der Waals surface area contributed by atoms with Crippen molar-refractivity contribution in [2.45, 2.75) is 18.9 Å². The highest BCUT2D eigenvalue weighted by Gasteiger charge is 2.19. The lowest BCUT2D eigenvalue weighted by Crippen LogP contribution is -2.40. The normalized spacial score (nSPS) is 12.0. The number of nitrogen functional groups attached to an aromatic ring is 2. The Labute approximate surface area is 126 Å². The number of carbonyl (C=O) groups is 3. The maximum absolute atomic E-state index is 11.7. The van der Waals surface area contributed by atoms with Crippen molar-refractivity contribution in [3.63, 3.8) is 0 Å². The molecule has 1 amide bonds. The van der Waals surface area contributed by atoms with E-state index >= 15 is 0 Å². The number of anilines is 2. The van der Waals surface area contributed by atoms with E-state index in [4.69, 9.17) is 21.7 Å². The van der Waals surface area contributed by atoms with Crippen LogP contribution in [0.2, 0.25) is 0 Å². The van der Waals surface area contributed by atoms with Gasteiger partial charge in [0.15, 0.2) is 0 Å². The number of aliphatic carboxylic acids is 2. The number of rotatable bonds is 7. The molecule has 8 nitrogen and oxygen atoms in total. The Morgan fingerprint density at radius 1 is 1.23 bits per heavy atom. The smallest absolute Gasteiger partial charge is 0.326 e. The topological polar surface area (TPSA) is 156 Å². The minimum atomic E-state index is -1.30. The first-order chi connectivity index (χ1) is 10.3. The lowest BCUT2D eigenvalue weighted by molar-refractivity contribution is -0.142. The quantitative estimate of drug-likeness (QED) is 0.358. The fourth-order valence-corrected chi connectivity index (χ4v) is 1.65. The van der Waals surface area contributed by atoms with Gasteiger partial charge in [0.25, 0.3) is 0 Å². The number of hydrogen-bond donors (Lipinski definition) is 5. The highest BCUT2D eigenvalue weighted by atomic mass is 16.4. The molecule has 0 spiro atoms. The van der Waals surface area contributed by atoms with Crippen LogP contribution in [0.3, 0.4) is 0 Å². The first-order valence-corrected chi connectivity index (χ1v) is 6.37. The molecule has 22 heavy (non-hydrogen) atoms. The van der Waals surface area contributed by atoms with Crippen LogP contribution in [-0.4, -0.2) is 34.1 Å². The maximum atomic E-state index is 11.7. The average Bonchev–Trinajstić information content (AvgIpc) is 2.43. The summed E-state index contributed by atoms with van der Waals surface area (Å²) in [5.74, 6) is -3.10. The summed E-state index contributed by atoms with van der Waals surface area (Å²) < 4.78 is 0. The zero-order chi connectivity index (χ0) is 16.7. The number of amides is 1. The van der Waals surface area contributed by atoms with E-state index in [0.29, 0.717) is 16.9 Å². The van der Waals surface area contributed by atoms with Crippen molar-refractivity contribution in [1.29, 1.82) is 0 Å². The van der Waals surface area contributed by atoms with Gasteiger partial charge in [0, 0.05) is 23.9 Å². The summed E-state index contributed by atoms with van der Waals surface area (Å²) in [6.45, 7) is 0. The zero-order valence-electron chi connectivity index (χ0n) is 11.7. The summed E-state index contributed by atoms with van der Waals surface area (Å²) in [4.78, 5) is 33.1. The average molecular weight is 307 g/mol. The van der Waals surface area contributed by atoms with E-state index in [-0.39, 0.29) is 12.8 Å². The molecule has 1 aromatic carbocycles. The van der Waals surface area contributed by atoms with E-state index in [0.717, 1.165) is 6.08 Å². The van der Waals surface area contributed by atoms with E-state index in [1.165, 1.54) is 6.08 Å². The van der Waals surface area contributed by atoms with Gasteiger partial charge in [-0.1, -0.05) is 0 Å². The van der Waals surface area contributed by atoms with Gasteiger partial charge < -0.3 is 27.0 Å². The Kier molecular flexibility index (Phi) is 5.94. The molecule has 0 saturated carbocycles. The predicted octanol–water partition coefficient (Wildman–Crippen LogP) is 0.298. The van der Waals surface area contributed by atoms with E-state index < -0.39 is 23.9 Å². The van der Waals surface area contributed by atoms with Gasteiger partial charge in [-0.25, -0.2) is 4.79 Å². The van der Waals surface area contributed by atoms with Gasteiger partial charge >= 0.3 is 11.9 Å². The number of nitrogens with two attached hydrogens (primary N) is 2. The molecule has 118 valence electrons. The predicted molar refractivity (Wildman–Crippen MR) is 80.7 cm³/mol. The molecule has 8 heteroatoms. The number of carboxylic acids is 2. The molecule has 1 rings (SSSR count). The summed E-state index contributed by atoms with van der Waals surface area (Å²) in [6, 6.07) is 3.49. The Morgan fingerprint density at radius 2 is 1.91 bits per heavy atom. The Balaban J connectivity index is 2.70. The summed E-state index contributed by atoms with van der Waals surface area (Å²) in [5.41, 5.74) is 12.7.